The summed E-state index contributed by atoms with van der Waals surface area (Å²) in [6.07, 6.45) is 3.56. The number of aliphatic imine (C=N–C) groups is 2. The lowest BCUT2D eigenvalue weighted by Crippen LogP contribution is -2.09. The largest absolute Gasteiger partial charge is 0.206 e. The summed E-state index contributed by atoms with van der Waals surface area (Å²) in [5.41, 5.74) is 2.52. The highest BCUT2D eigenvalue weighted by molar-refractivity contribution is 9.11. The van der Waals surface area contributed by atoms with Gasteiger partial charge < -0.3 is 0 Å². The fraction of sp³-hybridized carbons (Fsp3) is 0. The van der Waals surface area contributed by atoms with E-state index in [1.54, 1.807) is 12.4 Å². The van der Waals surface area contributed by atoms with Gasteiger partial charge in [-0.25, -0.2) is 0 Å². The zero-order chi connectivity index (χ0) is 14.3. The van der Waals surface area contributed by atoms with Gasteiger partial charge in [-0.15, -0.1) is 0 Å². The molecule has 2 aromatic carbocycles. The van der Waals surface area contributed by atoms with E-state index in [1.807, 2.05) is 24.3 Å². The summed E-state index contributed by atoms with van der Waals surface area (Å²) in [6.45, 7) is 0. The highest BCUT2D eigenvalue weighted by Gasteiger charge is 2.29. The Labute approximate surface area is 131 Å². The lowest BCUT2D eigenvalue weighted by Gasteiger charge is -2.05. The van der Waals surface area contributed by atoms with Crippen molar-refractivity contribution in [2.45, 2.75) is 0 Å². The molecule has 0 N–H and O–H groups in total. The van der Waals surface area contributed by atoms with Crippen LogP contribution in [0.2, 0.25) is 0 Å². The Morgan fingerprint density at radius 3 is 1.60 bits per heavy atom. The maximum Gasteiger partial charge on any atom is 0.206 e. The van der Waals surface area contributed by atoms with E-state index < -0.39 is 0 Å². The van der Waals surface area contributed by atoms with Crippen molar-refractivity contribution in [2.75, 3.05) is 0 Å². The second-order valence-electron chi connectivity index (χ2n) is 4.06. The molecule has 0 atom stereocenters. The average molecular weight is 388 g/mol. The third-order valence-electron chi connectivity index (χ3n) is 3.12. The lowest BCUT2D eigenvalue weighted by atomic mass is 10.1. The van der Waals surface area contributed by atoms with E-state index >= 15 is 0 Å². The molecule has 0 spiro atoms. The Morgan fingerprint density at radius 2 is 1.20 bits per heavy atom. The molecule has 0 aliphatic heterocycles. The van der Waals surface area contributed by atoms with Crippen LogP contribution in [0.4, 0.5) is 0 Å². The summed E-state index contributed by atoms with van der Waals surface area (Å²) in [7, 11) is 0. The highest BCUT2D eigenvalue weighted by Crippen LogP contribution is 2.39. The minimum atomic E-state index is 0.444. The van der Waals surface area contributed by atoms with Gasteiger partial charge in [-0.05, 0) is 12.1 Å². The van der Waals surface area contributed by atoms with Gasteiger partial charge in [0.25, 0.3) is 0 Å². The SMILES string of the molecule is N#CN=C1C(=NC#N)c2ccc(Br)c3c(Br)ccc1c23. The monoisotopic (exact) mass is 386 g/mol. The molecule has 0 unspecified atom stereocenters. The molecule has 1 aliphatic carbocycles. The Bertz CT molecular complexity index is 827. The standard InChI is InChI=1S/C14H4Br2N4/c15-9-3-1-7-11-8(2-4-10(16)12(9)11)14(20-6-18)13(7)19-5-17/h1-4H. The van der Waals surface area contributed by atoms with E-state index in [2.05, 4.69) is 41.8 Å². The van der Waals surface area contributed by atoms with Gasteiger partial charge in [-0.1, -0.05) is 44.0 Å². The molecule has 20 heavy (non-hydrogen) atoms. The van der Waals surface area contributed by atoms with Crippen LogP contribution in [0.5, 0.6) is 0 Å². The number of hydrogen-bond acceptors (Lipinski definition) is 4. The van der Waals surface area contributed by atoms with Crippen LogP contribution >= 0.6 is 31.9 Å². The normalized spacial score (nSPS) is 16.6. The van der Waals surface area contributed by atoms with Gasteiger partial charge in [0.15, 0.2) is 0 Å². The second-order valence-corrected chi connectivity index (χ2v) is 5.77. The van der Waals surface area contributed by atoms with Crippen molar-refractivity contribution < 1.29 is 0 Å². The molecule has 6 heteroatoms. The van der Waals surface area contributed by atoms with Gasteiger partial charge in [-0.3, -0.25) is 0 Å². The summed E-state index contributed by atoms with van der Waals surface area (Å²) in [6, 6.07) is 7.54. The summed E-state index contributed by atoms with van der Waals surface area (Å²) in [5.74, 6) is 0. The highest BCUT2D eigenvalue weighted by atomic mass is 79.9. The Morgan fingerprint density at radius 1 is 0.750 bits per heavy atom. The molecule has 1 aliphatic rings. The zero-order valence-electron chi connectivity index (χ0n) is 9.85. The van der Waals surface area contributed by atoms with E-state index in [0.717, 1.165) is 30.8 Å². The first-order valence-corrected chi connectivity index (χ1v) is 7.13. The number of nitrogens with zero attached hydrogens (tertiary/aromatic N) is 4. The Kier molecular flexibility index (Phi) is 3.13. The first-order valence-electron chi connectivity index (χ1n) is 5.54. The quantitative estimate of drug-likeness (QED) is 0.642. The van der Waals surface area contributed by atoms with Crippen LogP contribution < -0.4 is 0 Å². The molecule has 0 saturated heterocycles. The van der Waals surface area contributed by atoms with Crippen molar-refractivity contribution in [2.24, 2.45) is 9.98 Å². The predicted octanol–water partition coefficient (Wildman–Crippen LogP) is 3.92. The van der Waals surface area contributed by atoms with Crippen LogP contribution in [-0.4, -0.2) is 11.4 Å². The summed E-state index contributed by atoms with van der Waals surface area (Å²) < 4.78 is 1.86. The molecule has 0 radical (unpaired) electrons. The van der Waals surface area contributed by atoms with Gasteiger partial charge in [0.2, 0.25) is 12.4 Å². The first-order chi connectivity index (χ1) is 9.69. The van der Waals surface area contributed by atoms with Crippen molar-refractivity contribution in [3.05, 3.63) is 44.3 Å². The van der Waals surface area contributed by atoms with Crippen LogP contribution in [0.3, 0.4) is 0 Å². The fourth-order valence-electron chi connectivity index (χ4n) is 2.39. The van der Waals surface area contributed by atoms with Crippen molar-refractivity contribution in [1.82, 2.24) is 0 Å². The molecule has 3 rings (SSSR count). The second kappa shape index (κ2) is 4.82. The number of nitriles is 2. The lowest BCUT2D eigenvalue weighted by molar-refractivity contribution is 1.43. The molecular weight excluding hydrogens is 384 g/mol. The van der Waals surface area contributed by atoms with Gasteiger partial charge in [0, 0.05) is 30.8 Å². The van der Waals surface area contributed by atoms with Crippen LogP contribution in [0.1, 0.15) is 11.1 Å². The molecule has 0 aromatic heterocycles. The van der Waals surface area contributed by atoms with E-state index in [1.165, 1.54) is 0 Å². The summed E-state index contributed by atoms with van der Waals surface area (Å²) in [5, 5.41) is 19.6. The fourth-order valence-corrected chi connectivity index (χ4v) is 3.74. The third kappa shape index (κ3) is 1.70. The van der Waals surface area contributed by atoms with Crippen LogP contribution in [0, 0.1) is 22.9 Å². The molecule has 0 saturated carbocycles. The average Bonchev–Trinajstić information content (AvgIpc) is 2.72. The number of halogens is 2. The van der Waals surface area contributed by atoms with Crippen molar-refractivity contribution in [1.29, 1.82) is 10.5 Å². The van der Waals surface area contributed by atoms with E-state index in [9.17, 15) is 0 Å². The zero-order valence-corrected chi connectivity index (χ0v) is 13.0. The summed E-state index contributed by atoms with van der Waals surface area (Å²) in [4.78, 5) is 7.67. The smallest absolute Gasteiger partial charge is 0.171 e. The number of rotatable bonds is 0. The van der Waals surface area contributed by atoms with Crippen molar-refractivity contribution >= 4 is 54.1 Å². The molecule has 4 nitrogen and oxygen atoms in total. The predicted molar refractivity (Wildman–Crippen MR) is 83.6 cm³/mol. The topological polar surface area (TPSA) is 72.3 Å². The third-order valence-corrected chi connectivity index (χ3v) is 4.44. The maximum absolute atomic E-state index is 8.86. The van der Waals surface area contributed by atoms with E-state index in [-0.39, 0.29) is 0 Å². The van der Waals surface area contributed by atoms with Crippen molar-refractivity contribution in [3.63, 3.8) is 0 Å². The minimum absolute atomic E-state index is 0.444. The van der Waals surface area contributed by atoms with Gasteiger partial charge in [0.05, 0.1) is 0 Å². The molecular formula is C14H4Br2N4. The van der Waals surface area contributed by atoms with Crippen LogP contribution in [0.25, 0.3) is 10.8 Å². The summed E-state index contributed by atoms with van der Waals surface area (Å²) >= 11 is 7.04. The first kappa shape index (κ1) is 13.0. The minimum Gasteiger partial charge on any atom is -0.171 e. The van der Waals surface area contributed by atoms with Gasteiger partial charge >= 0.3 is 0 Å². The molecule has 94 valence electrons. The molecule has 0 bridgehead atoms. The van der Waals surface area contributed by atoms with Crippen LogP contribution in [-0.2, 0) is 0 Å². The van der Waals surface area contributed by atoms with Crippen LogP contribution in [0.15, 0.2) is 43.2 Å². The van der Waals surface area contributed by atoms with Crippen molar-refractivity contribution in [3.8, 4) is 12.4 Å². The molecule has 0 fully saturated rings. The van der Waals surface area contributed by atoms with E-state index in [4.69, 9.17) is 10.5 Å². The maximum atomic E-state index is 8.86. The van der Waals surface area contributed by atoms with E-state index in [0.29, 0.717) is 11.4 Å². The van der Waals surface area contributed by atoms with Gasteiger partial charge in [0.1, 0.15) is 11.4 Å². The molecule has 0 amide bonds. The Balaban J connectivity index is 2.55. The molecule has 2 aromatic rings. The number of hydrogen-bond donors (Lipinski definition) is 0. The Hall–Kier alpha value is -2.02. The number of benzene rings is 2. The van der Waals surface area contributed by atoms with Gasteiger partial charge in [-0.2, -0.15) is 20.5 Å². The molecule has 0 heterocycles.